The van der Waals surface area contributed by atoms with Crippen molar-refractivity contribution in [1.29, 1.82) is 0 Å². The lowest BCUT2D eigenvalue weighted by molar-refractivity contribution is -0.134. The SMILES string of the molecule is O=C(CC1CC(F)(F)C1)NC(c1cnn2cc([C@@H](NC(=O)c3nonc3NC3CC(F)C3)C3CCC(F)(F)CC3)nc2c1)C1CC1. The van der Waals surface area contributed by atoms with E-state index in [0.29, 0.717) is 16.9 Å². The minimum atomic E-state index is -2.79. The topological polar surface area (TPSA) is 139 Å². The van der Waals surface area contributed by atoms with E-state index in [-0.39, 0.29) is 105 Å². The van der Waals surface area contributed by atoms with Gasteiger partial charge in [-0.2, -0.15) is 5.10 Å². The standard InChI is InChI=1S/C30H35F5N8O3/c31-19-9-20(10-19)37-27-26(41-46-42-27)28(45)40-25(17-3-5-29(32,33)6-4-17)21-14-43-22(38-21)8-18(13-36-43)24(16-1-2-16)39-23(44)7-15-11-30(34,35)12-15/h8,13-17,19-20,24-25H,1-7,9-12H2,(H,37,42)(H,39,44)(H,40,45)/t19?,20?,24?,25-/m0/s1. The van der Waals surface area contributed by atoms with Crippen LogP contribution in [0.2, 0.25) is 0 Å². The van der Waals surface area contributed by atoms with Crippen molar-refractivity contribution in [2.24, 2.45) is 17.8 Å². The van der Waals surface area contributed by atoms with E-state index in [2.05, 4.69) is 31.4 Å². The van der Waals surface area contributed by atoms with Crippen LogP contribution in [0, 0.1) is 17.8 Å². The van der Waals surface area contributed by atoms with Gasteiger partial charge in [-0.3, -0.25) is 9.59 Å². The molecule has 16 heteroatoms. The number of fused-ring (bicyclic) bond motifs is 1. The van der Waals surface area contributed by atoms with Crippen LogP contribution in [-0.2, 0) is 4.79 Å². The maximum absolute atomic E-state index is 14.1. The van der Waals surface area contributed by atoms with Gasteiger partial charge >= 0.3 is 0 Å². The van der Waals surface area contributed by atoms with Gasteiger partial charge in [0.2, 0.25) is 29.3 Å². The zero-order valence-corrected chi connectivity index (χ0v) is 24.9. The molecule has 248 valence electrons. The largest absolute Gasteiger partial charge is 0.362 e. The van der Waals surface area contributed by atoms with Gasteiger partial charge < -0.3 is 16.0 Å². The predicted molar refractivity (Wildman–Crippen MR) is 152 cm³/mol. The Bertz CT molecular complexity index is 1590. The normalized spacial score (nSPS) is 25.7. The first-order valence-corrected chi connectivity index (χ1v) is 15.9. The lowest BCUT2D eigenvalue weighted by atomic mass is 9.79. The Morgan fingerprint density at radius 2 is 1.70 bits per heavy atom. The van der Waals surface area contributed by atoms with Gasteiger partial charge in [-0.25, -0.2) is 36.1 Å². The van der Waals surface area contributed by atoms with Crippen LogP contribution in [0.3, 0.4) is 0 Å². The molecule has 3 N–H and O–H groups in total. The summed E-state index contributed by atoms with van der Waals surface area (Å²) in [6, 6.07) is 0.453. The molecule has 0 saturated heterocycles. The molecule has 2 amide bonds. The van der Waals surface area contributed by atoms with Crippen LogP contribution in [0.5, 0.6) is 0 Å². The molecule has 3 aromatic rings. The number of nitrogens with one attached hydrogen (secondary N) is 3. The first-order valence-electron chi connectivity index (χ1n) is 15.9. The second-order valence-electron chi connectivity index (χ2n) is 13.5. The summed E-state index contributed by atoms with van der Waals surface area (Å²) in [6.45, 7) is 0. The van der Waals surface area contributed by atoms with Crippen molar-refractivity contribution in [3.05, 3.63) is 35.4 Å². The second kappa shape index (κ2) is 11.7. The van der Waals surface area contributed by atoms with Crippen molar-refractivity contribution < 1.29 is 36.2 Å². The minimum Gasteiger partial charge on any atom is -0.362 e. The Morgan fingerprint density at radius 1 is 0.978 bits per heavy atom. The molecule has 2 atom stereocenters. The molecule has 0 radical (unpaired) electrons. The molecule has 0 spiro atoms. The van der Waals surface area contributed by atoms with Crippen molar-refractivity contribution >= 4 is 23.3 Å². The number of halogens is 5. The fraction of sp³-hybridized carbons (Fsp3) is 0.667. The van der Waals surface area contributed by atoms with Crippen LogP contribution in [0.25, 0.3) is 5.65 Å². The monoisotopic (exact) mass is 650 g/mol. The molecule has 4 aliphatic rings. The molecule has 0 bridgehead atoms. The summed E-state index contributed by atoms with van der Waals surface area (Å²) in [5.74, 6) is -6.83. The van der Waals surface area contributed by atoms with E-state index in [1.807, 2.05) is 0 Å². The maximum Gasteiger partial charge on any atom is 0.278 e. The molecular formula is C30H35F5N8O3. The zero-order valence-electron chi connectivity index (χ0n) is 24.9. The summed E-state index contributed by atoms with van der Waals surface area (Å²) in [7, 11) is 0. The molecule has 1 unspecified atom stereocenters. The molecule has 3 aromatic heterocycles. The van der Waals surface area contributed by atoms with Gasteiger partial charge in [-0.1, -0.05) is 0 Å². The number of nitrogens with zero attached hydrogens (tertiary/aromatic N) is 5. The second-order valence-corrected chi connectivity index (χ2v) is 13.5. The van der Waals surface area contributed by atoms with E-state index in [1.54, 1.807) is 18.5 Å². The summed E-state index contributed by atoms with van der Waals surface area (Å²) in [6.07, 6.45) is 3.81. The molecule has 4 aliphatic carbocycles. The summed E-state index contributed by atoms with van der Waals surface area (Å²) >= 11 is 0. The van der Waals surface area contributed by atoms with Crippen molar-refractivity contribution in [3.8, 4) is 0 Å². The highest BCUT2D eigenvalue weighted by atomic mass is 19.3. The molecule has 7 rings (SSSR count). The van der Waals surface area contributed by atoms with Crippen LogP contribution >= 0.6 is 0 Å². The van der Waals surface area contributed by atoms with E-state index >= 15 is 0 Å². The van der Waals surface area contributed by atoms with Crippen molar-refractivity contribution in [2.45, 2.75) is 107 Å². The van der Waals surface area contributed by atoms with Crippen molar-refractivity contribution in [1.82, 2.24) is 35.5 Å². The molecule has 4 fully saturated rings. The first-order chi connectivity index (χ1) is 21.9. The smallest absolute Gasteiger partial charge is 0.278 e. The maximum atomic E-state index is 14.1. The van der Waals surface area contributed by atoms with E-state index in [4.69, 9.17) is 9.61 Å². The van der Waals surface area contributed by atoms with E-state index < -0.39 is 30.0 Å². The van der Waals surface area contributed by atoms with Gasteiger partial charge in [0, 0.05) is 38.1 Å². The number of rotatable bonds is 11. The third kappa shape index (κ3) is 6.66. The molecule has 4 saturated carbocycles. The number of carbonyl (C=O) groups is 2. The summed E-state index contributed by atoms with van der Waals surface area (Å²) in [4.78, 5) is 30.9. The highest BCUT2D eigenvalue weighted by Crippen LogP contribution is 2.45. The van der Waals surface area contributed by atoms with Gasteiger partial charge in [0.25, 0.3) is 5.91 Å². The summed E-state index contributed by atoms with van der Waals surface area (Å²) in [5, 5.41) is 20.9. The number of hydrogen-bond acceptors (Lipinski definition) is 8. The van der Waals surface area contributed by atoms with Gasteiger partial charge in [0.1, 0.15) is 6.17 Å². The zero-order chi connectivity index (χ0) is 32.2. The highest BCUT2D eigenvalue weighted by molar-refractivity contribution is 5.96. The Morgan fingerprint density at radius 3 is 2.37 bits per heavy atom. The fourth-order valence-electron chi connectivity index (χ4n) is 6.89. The molecule has 46 heavy (non-hydrogen) atoms. The molecule has 11 nitrogen and oxygen atoms in total. The number of aromatic nitrogens is 5. The van der Waals surface area contributed by atoms with E-state index in [1.165, 1.54) is 4.52 Å². The summed E-state index contributed by atoms with van der Waals surface area (Å²) in [5.41, 5.74) is 1.43. The number of anilines is 1. The Hall–Kier alpha value is -3.85. The average Bonchev–Trinajstić information content (AvgIpc) is 3.55. The van der Waals surface area contributed by atoms with Gasteiger partial charge in [-0.15, -0.1) is 0 Å². The van der Waals surface area contributed by atoms with Crippen LogP contribution in [-0.4, -0.2) is 60.8 Å². The van der Waals surface area contributed by atoms with Crippen LogP contribution in [0.4, 0.5) is 27.8 Å². The first kappa shape index (κ1) is 30.8. The van der Waals surface area contributed by atoms with E-state index in [0.717, 1.165) is 12.8 Å². The highest BCUT2D eigenvalue weighted by Gasteiger charge is 2.46. The average molecular weight is 651 g/mol. The van der Waals surface area contributed by atoms with Gasteiger partial charge in [0.05, 0.1) is 30.2 Å². The van der Waals surface area contributed by atoms with Crippen molar-refractivity contribution in [2.75, 3.05) is 5.32 Å². The van der Waals surface area contributed by atoms with E-state index in [9.17, 15) is 31.5 Å². The van der Waals surface area contributed by atoms with Crippen LogP contribution in [0.15, 0.2) is 23.1 Å². The predicted octanol–water partition coefficient (Wildman–Crippen LogP) is 5.32. The Balaban J connectivity index is 1.10. The number of carbonyl (C=O) groups excluding carboxylic acids is 2. The molecule has 0 aromatic carbocycles. The third-order valence-corrected chi connectivity index (χ3v) is 9.74. The summed E-state index contributed by atoms with van der Waals surface area (Å²) < 4.78 is 74.4. The lowest BCUT2D eigenvalue weighted by Crippen LogP contribution is -2.39. The Kier molecular flexibility index (Phi) is 7.86. The van der Waals surface area contributed by atoms with Gasteiger partial charge in [-0.05, 0) is 78.2 Å². The number of imidazole rings is 1. The lowest BCUT2D eigenvalue weighted by Gasteiger charge is -2.34. The minimum absolute atomic E-state index is 0.0408. The van der Waals surface area contributed by atoms with Crippen LogP contribution < -0.4 is 16.0 Å². The van der Waals surface area contributed by atoms with Gasteiger partial charge in [0.15, 0.2) is 5.65 Å². The number of amides is 2. The number of hydrogen-bond donors (Lipinski definition) is 3. The Labute approximate surface area is 260 Å². The molecule has 3 heterocycles. The third-order valence-electron chi connectivity index (χ3n) is 9.74. The van der Waals surface area contributed by atoms with Crippen LogP contribution in [0.1, 0.15) is 104 Å². The molecule has 0 aliphatic heterocycles. The fourth-order valence-corrected chi connectivity index (χ4v) is 6.89. The van der Waals surface area contributed by atoms with Crippen molar-refractivity contribution in [3.63, 3.8) is 0 Å². The molecular weight excluding hydrogens is 615 g/mol. The quantitative estimate of drug-likeness (QED) is 0.237. The number of alkyl halides is 5.